The number of nitrogens with two attached hydrogens (primary N) is 1. The van der Waals surface area contributed by atoms with Crippen LogP contribution in [0.4, 0.5) is 0 Å². The van der Waals surface area contributed by atoms with E-state index in [-0.39, 0.29) is 12.5 Å². The van der Waals surface area contributed by atoms with Gasteiger partial charge in [0.1, 0.15) is 0 Å². The average Bonchev–Trinajstić information content (AvgIpc) is 2.69. The number of nitrogens with one attached hydrogen (secondary N) is 1. The number of hydrogen-bond acceptors (Lipinski definition) is 3. The molecule has 1 aliphatic rings. The highest BCUT2D eigenvalue weighted by molar-refractivity contribution is 5.87. The van der Waals surface area contributed by atoms with Gasteiger partial charge in [-0.05, 0) is 46.4 Å². The van der Waals surface area contributed by atoms with E-state index in [0.717, 1.165) is 11.1 Å². The number of benzene rings is 3. The molecule has 1 saturated carbocycles. The van der Waals surface area contributed by atoms with Crippen LogP contribution in [0, 0.1) is 5.41 Å². The van der Waals surface area contributed by atoms with Crippen molar-refractivity contribution in [3.8, 4) is 11.1 Å². The van der Waals surface area contributed by atoms with Crippen LogP contribution in [0.3, 0.4) is 0 Å². The van der Waals surface area contributed by atoms with Crippen molar-refractivity contribution in [2.75, 3.05) is 6.54 Å². The Morgan fingerprint density at radius 3 is 2.33 bits per heavy atom. The van der Waals surface area contributed by atoms with E-state index >= 15 is 0 Å². The molecule has 0 bridgehead atoms. The second-order valence-electron chi connectivity index (χ2n) is 7.49. The van der Waals surface area contributed by atoms with Gasteiger partial charge in [-0.25, -0.2) is 0 Å². The van der Waals surface area contributed by atoms with E-state index in [1.165, 1.54) is 16.3 Å². The van der Waals surface area contributed by atoms with Crippen molar-refractivity contribution in [1.29, 1.82) is 0 Å². The van der Waals surface area contributed by atoms with Gasteiger partial charge in [-0.2, -0.15) is 0 Å². The second kappa shape index (κ2) is 7.14. The predicted molar refractivity (Wildman–Crippen MR) is 108 cm³/mol. The molecule has 4 nitrogen and oxygen atoms in total. The third-order valence-electron chi connectivity index (χ3n) is 5.61. The Morgan fingerprint density at radius 2 is 1.67 bits per heavy atom. The summed E-state index contributed by atoms with van der Waals surface area (Å²) < 4.78 is 0. The van der Waals surface area contributed by atoms with Gasteiger partial charge in [0.25, 0.3) is 0 Å². The van der Waals surface area contributed by atoms with Gasteiger partial charge >= 0.3 is 0 Å². The number of carbonyl (C=O) groups is 1. The largest absolute Gasteiger partial charge is 0.393 e. The molecule has 0 saturated heterocycles. The molecular formula is C23H24N2O2. The number of rotatable bonds is 5. The van der Waals surface area contributed by atoms with E-state index in [1.54, 1.807) is 0 Å². The van der Waals surface area contributed by atoms with Crippen LogP contribution in [0.25, 0.3) is 21.9 Å². The van der Waals surface area contributed by atoms with Gasteiger partial charge in [-0.15, -0.1) is 0 Å². The fourth-order valence-electron chi connectivity index (χ4n) is 3.84. The third kappa shape index (κ3) is 3.46. The van der Waals surface area contributed by atoms with Gasteiger partial charge in [0.15, 0.2) is 0 Å². The van der Waals surface area contributed by atoms with Crippen molar-refractivity contribution in [2.45, 2.75) is 25.5 Å². The Labute approximate surface area is 159 Å². The number of aliphatic hydroxyl groups is 1. The number of hydrogen-bond donors (Lipinski definition) is 3. The summed E-state index contributed by atoms with van der Waals surface area (Å²) in [5.41, 5.74) is 8.53. The van der Waals surface area contributed by atoms with Crippen LogP contribution in [0.5, 0.6) is 0 Å². The fourth-order valence-corrected chi connectivity index (χ4v) is 3.84. The molecule has 3 aromatic rings. The van der Waals surface area contributed by atoms with Gasteiger partial charge in [-0.1, -0.05) is 60.7 Å². The highest BCUT2D eigenvalue weighted by Crippen LogP contribution is 2.40. The number of fused-ring (bicyclic) bond motifs is 1. The molecule has 0 radical (unpaired) electrons. The van der Waals surface area contributed by atoms with Crippen molar-refractivity contribution >= 4 is 16.7 Å². The minimum Gasteiger partial charge on any atom is -0.393 e. The summed E-state index contributed by atoms with van der Waals surface area (Å²) in [5, 5.41) is 14.9. The maximum atomic E-state index is 12.4. The van der Waals surface area contributed by atoms with Gasteiger partial charge in [0.2, 0.25) is 5.91 Å². The average molecular weight is 360 g/mol. The van der Waals surface area contributed by atoms with Crippen LogP contribution in [-0.4, -0.2) is 23.7 Å². The molecule has 138 valence electrons. The molecular weight excluding hydrogens is 336 g/mol. The van der Waals surface area contributed by atoms with Crippen LogP contribution < -0.4 is 11.1 Å². The lowest BCUT2D eigenvalue weighted by atomic mass is 9.66. The van der Waals surface area contributed by atoms with Gasteiger partial charge in [0.05, 0.1) is 11.5 Å². The lowest BCUT2D eigenvalue weighted by Crippen LogP contribution is -2.55. The summed E-state index contributed by atoms with van der Waals surface area (Å²) in [6.07, 6.45) is 0.507. The topological polar surface area (TPSA) is 75.4 Å². The normalized spacial score (nSPS) is 21.6. The third-order valence-corrected chi connectivity index (χ3v) is 5.61. The van der Waals surface area contributed by atoms with E-state index in [4.69, 9.17) is 5.73 Å². The van der Waals surface area contributed by atoms with Crippen LogP contribution in [0.2, 0.25) is 0 Å². The highest BCUT2D eigenvalue weighted by Gasteiger charge is 2.48. The zero-order valence-electron chi connectivity index (χ0n) is 15.2. The Hall–Kier alpha value is -2.69. The first-order chi connectivity index (χ1) is 13.1. The number of carbonyl (C=O) groups excluding carboxylic acids is 1. The molecule has 0 aromatic heterocycles. The van der Waals surface area contributed by atoms with E-state index in [9.17, 15) is 9.90 Å². The summed E-state index contributed by atoms with van der Waals surface area (Å²) in [6, 6.07) is 23.0. The zero-order valence-corrected chi connectivity index (χ0v) is 15.2. The highest BCUT2D eigenvalue weighted by atomic mass is 16.3. The molecule has 1 aliphatic carbocycles. The summed E-state index contributed by atoms with van der Waals surface area (Å²) in [5.74, 6) is -0.0612. The van der Waals surface area contributed by atoms with Crippen molar-refractivity contribution < 1.29 is 9.90 Å². The summed E-state index contributed by atoms with van der Waals surface area (Å²) in [6.45, 7) is 0.742. The number of amides is 1. The molecule has 0 aliphatic heterocycles. The SMILES string of the molecule is NCC1(C(=O)NCc2ccc(-c3ccc4ccccc4c3)cc2)CC(O)C1. The molecule has 27 heavy (non-hydrogen) atoms. The molecule has 0 unspecified atom stereocenters. The first-order valence-electron chi connectivity index (χ1n) is 9.34. The minimum atomic E-state index is -0.593. The Bertz CT molecular complexity index is 960. The van der Waals surface area contributed by atoms with Gasteiger partial charge in [0, 0.05) is 13.1 Å². The van der Waals surface area contributed by atoms with E-state index in [2.05, 4.69) is 47.8 Å². The first-order valence-corrected chi connectivity index (χ1v) is 9.34. The van der Waals surface area contributed by atoms with Gasteiger partial charge in [-0.3, -0.25) is 4.79 Å². The van der Waals surface area contributed by atoms with Crippen molar-refractivity contribution in [3.63, 3.8) is 0 Å². The van der Waals surface area contributed by atoms with Crippen molar-refractivity contribution in [3.05, 3.63) is 72.3 Å². The summed E-state index contributed by atoms with van der Waals surface area (Å²) >= 11 is 0. The lowest BCUT2D eigenvalue weighted by Gasteiger charge is -2.42. The zero-order chi connectivity index (χ0) is 18.9. The maximum absolute atomic E-state index is 12.4. The van der Waals surface area contributed by atoms with E-state index in [0.29, 0.717) is 19.4 Å². The Morgan fingerprint density at radius 1 is 1.00 bits per heavy atom. The maximum Gasteiger partial charge on any atom is 0.227 e. The van der Waals surface area contributed by atoms with E-state index < -0.39 is 11.5 Å². The van der Waals surface area contributed by atoms with Crippen LogP contribution >= 0.6 is 0 Å². The molecule has 4 heteroatoms. The van der Waals surface area contributed by atoms with Crippen LogP contribution in [0.15, 0.2) is 66.7 Å². The first kappa shape index (κ1) is 17.7. The standard InChI is InChI=1S/C23H24N2O2/c24-15-23(12-21(26)13-23)22(27)25-14-16-5-7-18(8-6-16)20-10-9-17-3-1-2-4-19(17)11-20/h1-11,21,26H,12-15,24H2,(H,25,27). The molecule has 0 heterocycles. The van der Waals surface area contributed by atoms with Crippen LogP contribution in [-0.2, 0) is 11.3 Å². The molecule has 0 atom stereocenters. The predicted octanol–water partition coefficient (Wildman–Crippen LogP) is 3.22. The van der Waals surface area contributed by atoms with Crippen LogP contribution in [0.1, 0.15) is 18.4 Å². The second-order valence-corrected chi connectivity index (χ2v) is 7.49. The summed E-state index contributed by atoms with van der Waals surface area (Å²) in [4.78, 5) is 12.4. The monoisotopic (exact) mass is 360 g/mol. The molecule has 3 aromatic carbocycles. The molecule has 1 amide bonds. The Balaban J connectivity index is 1.43. The smallest absolute Gasteiger partial charge is 0.227 e. The van der Waals surface area contributed by atoms with E-state index in [1.807, 2.05) is 24.3 Å². The lowest BCUT2D eigenvalue weighted by molar-refractivity contribution is -0.143. The van der Waals surface area contributed by atoms with Gasteiger partial charge < -0.3 is 16.2 Å². The molecule has 0 spiro atoms. The van der Waals surface area contributed by atoms with Crippen molar-refractivity contribution in [1.82, 2.24) is 5.32 Å². The minimum absolute atomic E-state index is 0.0612. The number of aliphatic hydroxyl groups excluding tert-OH is 1. The molecule has 4 N–H and O–H groups in total. The Kier molecular flexibility index (Phi) is 4.68. The molecule has 1 fully saturated rings. The van der Waals surface area contributed by atoms with Crippen molar-refractivity contribution in [2.24, 2.45) is 11.1 Å². The summed E-state index contributed by atoms with van der Waals surface area (Å²) in [7, 11) is 0. The molecule has 4 rings (SSSR count). The fraction of sp³-hybridized carbons (Fsp3) is 0.261. The quantitative estimate of drug-likeness (QED) is 0.654.